The highest BCUT2D eigenvalue weighted by atomic mass is 127. The van der Waals surface area contributed by atoms with Gasteiger partial charge in [0.15, 0.2) is 5.96 Å². The smallest absolute Gasteiger partial charge is 0.191 e. The van der Waals surface area contributed by atoms with E-state index in [1.807, 2.05) is 25.4 Å². The Labute approximate surface area is 186 Å². The third kappa shape index (κ3) is 8.50. The third-order valence-corrected chi connectivity index (χ3v) is 5.20. The zero-order valence-electron chi connectivity index (χ0n) is 16.9. The molecule has 8 heteroatoms. The number of hydrogen-bond donors (Lipinski definition) is 2. The van der Waals surface area contributed by atoms with Crippen molar-refractivity contribution in [2.45, 2.75) is 26.3 Å². The molecule has 2 N–H and O–H groups in total. The fourth-order valence-electron chi connectivity index (χ4n) is 3.24. The van der Waals surface area contributed by atoms with Crippen LogP contribution in [0.1, 0.15) is 19.4 Å². The zero-order chi connectivity index (χ0) is 18.9. The van der Waals surface area contributed by atoms with Crippen molar-refractivity contribution in [3.63, 3.8) is 0 Å². The van der Waals surface area contributed by atoms with E-state index < -0.39 is 0 Å². The normalized spacial score (nSPS) is 17.5. The maximum atomic E-state index is 5.82. The summed E-state index contributed by atoms with van der Waals surface area (Å²) in [4.78, 5) is 13.5. The minimum absolute atomic E-state index is 0. The number of pyridine rings is 1. The summed E-state index contributed by atoms with van der Waals surface area (Å²) in [6.07, 6.45) is 2.71. The van der Waals surface area contributed by atoms with E-state index in [0.29, 0.717) is 17.1 Å². The summed E-state index contributed by atoms with van der Waals surface area (Å²) < 4.78 is 0. The van der Waals surface area contributed by atoms with Crippen LogP contribution in [0.5, 0.6) is 0 Å². The molecule has 0 radical (unpaired) electrons. The molecule has 0 saturated carbocycles. The Morgan fingerprint density at radius 3 is 2.48 bits per heavy atom. The summed E-state index contributed by atoms with van der Waals surface area (Å²) >= 11 is 5.82. The van der Waals surface area contributed by atoms with Gasteiger partial charge in [-0.25, -0.2) is 4.98 Å². The quantitative estimate of drug-likeness (QED) is 0.256. The lowest BCUT2D eigenvalue weighted by atomic mass is 10.0. The SMILES string of the molecule is CN=C(NCCc1ccc(Cl)nc1)NCC(C(C)C)N1CCN(C)CC1.I. The molecule has 2 rings (SSSR count). The third-order valence-electron chi connectivity index (χ3n) is 4.97. The second kappa shape index (κ2) is 12.7. The van der Waals surface area contributed by atoms with Crippen molar-refractivity contribution in [2.75, 3.05) is 53.4 Å². The average molecular weight is 509 g/mol. The second-order valence-corrected chi connectivity index (χ2v) is 7.66. The number of aliphatic imine (C=N–C) groups is 1. The van der Waals surface area contributed by atoms with Crippen LogP contribution >= 0.6 is 35.6 Å². The highest BCUT2D eigenvalue weighted by Gasteiger charge is 2.24. The Hall–Kier alpha value is -0.640. The lowest BCUT2D eigenvalue weighted by molar-refractivity contribution is 0.0900. The molecule has 1 aliphatic heterocycles. The second-order valence-electron chi connectivity index (χ2n) is 7.27. The van der Waals surface area contributed by atoms with Gasteiger partial charge in [0.1, 0.15) is 5.15 Å². The molecule has 1 saturated heterocycles. The summed E-state index contributed by atoms with van der Waals surface area (Å²) in [5.74, 6) is 1.45. The van der Waals surface area contributed by atoms with E-state index in [9.17, 15) is 0 Å². The van der Waals surface area contributed by atoms with Gasteiger partial charge in [0.2, 0.25) is 0 Å². The molecule has 1 fully saturated rings. The van der Waals surface area contributed by atoms with Crippen molar-refractivity contribution in [3.8, 4) is 0 Å². The fraction of sp³-hybridized carbons (Fsp3) is 0.684. The first-order valence-electron chi connectivity index (χ1n) is 9.47. The van der Waals surface area contributed by atoms with Crippen molar-refractivity contribution < 1.29 is 0 Å². The van der Waals surface area contributed by atoms with E-state index in [1.165, 1.54) is 0 Å². The molecule has 0 aromatic carbocycles. The number of hydrogen-bond acceptors (Lipinski definition) is 4. The van der Waals surface area contributed by atoms with Gasteiger partial charge in [-0.3, -0.25) is 9.89 Å². The maximum absolute atomic E-state index is 5.82. The molecule has 154 valence electrons. The lowest BCUT2D eigenvalue weighted by Gasteiger charge is -2.40. The van der Waals surface area contributed by atoms with Gasteiger partial charge < -0.3 is 15.5 Å². The molecule has 0 spiro atoms. The Morgan fingerprint density at radius 1 is 1.22 bits per heavy atom. The van der Waals surface area contributed by atoms with Gasteiger partial charge in [-0.2, -0.15) is 0 Å². The van der Waals surface area contributed by atoms with Crippen molar-refractivity contribution >= 4 is 41.5 Å². The summed E-state index contributed by atoms with van der Waals surface area (Å²) in [6, 6.07) is 4.35. The van der Waals surface area contributed by atoms with Gasteiger partial charge in [-0.05, 0) is 31.0 Å². The molecule has 1 unspecified atom stereocenters. The van der Waals surface area contributed by atoms with Crippen LogP contribution in [0.25, 0.3) is 0 Å². The van der Waals surface area contributed by atoms with Crippen molar-refractivity contribution in [1.82, 2.24) is 25.4 Å². The number of likely N-dealkylation sites (N-methyl/N-ethyl adjacent to an activating group) is 1. The topological polar surface area (TPSA) is 55.8 Å². The van der Waals surface area contributed by atoms with Crippen LogP contribution in [-0.2, 0) is 6.42 Å². The minimum Gasteiger partial charge on any atom is -0.356 e. The van der Waals surface area contributed by atoms with Crippen LogP contribution in [0.2, 0.25) is 5.15 Å². The van der Waals surface area contributed by atoms with Gasteiger partial charge in [-0.15, -0.1) is 24.0 Å². The van der Waals surface area contributed by atoms with E-state index >= 15 is 0 Å². The highest BCUT2D eigenvalue weighted by Crippen LogP contribution is 2.12. The molecule has 0 bridgehead atoms. The van der Waals surface area contributed by atoms with Crippen LogP contribution in [0.4, 0.5) is 0 Å². The van der Waals surface area contributed by atoms with E-state index in [2.05, 4.69) is 51.3 Å². The van der Waals surface area contributed by atoms with E-state index in [4.69, 9.17) is 11.6 Å². The molecule has 1 atom stereocenters. The predicted octanol–water partition coefficient (Wildman–Crippen LogP) is 2.33. The molecule has 1 aliphatic rings. The number of aromatic nitrogens is 1. The Balaban J connectivity index is 0.00000364. The maximum Gasteiger partial charge on any atom is 0.191 e. The van der Waals surface area contributed by atoms with Gasteiger partial charge in [0, 0.05) is 58.6 Å². The number of rotatable bonds is 7. The van der Waals surface area contributed by atoms with Crippen molar-refractivity contribution in [3.05, 3.63) is 29.0 Å². The van der Waals surface area contributed by atoms with Crippen LogP contribution in [0.15, 0.2) is 23.3 Å². The number of piperazine rings is 1. The van der Waals surface area contributed by atoms with Crippen molar-refractivity contribution in [1.29, 1.82) is 0 Å². The molecule has 27 heavy (non-hydrogen) atoms. The minimum atomic E-state index is 0. The van der Waals surface area contributed by atoms with Gasteiger partial charge in [0.05, 0.1) is 0 Å². The molecule has 6 nitrogen and oxygen atoms in total. The monoisotopic (exact) mass is 508 g/mol. The zero-order valence-corrected chi connectivity index (χ0v) is 20.0. The van der Waals surface area contributed by atoms with Crippen LogP contribution in [0, 0.1) is 5.92 Å². The number of nitrogens with one attached hydrogen (secondary N) is 2. The molecule has 0 amide bonds. The Kier molecular flexibility index (Phi) is 11.5. The first-order valence-corrected chi connectivity index (χ1v) is 9.85. The summed E-state index contributed by atoms with van der Waals surface area (Å²) in [6.45, 7) is 10.9. The van der Waals surface area contributed by atoms with Gasteiger partial charge in [-0.1, -0.05) is 31.5 Å². The largest absolute Gasteiger partial charge is 0.356 e. The summed E-state index contributed by atoms with van der Waals surface area (Å²) in [5.41, 5.74) is 1.16. The first-order chi connectivity index (χ1) is 12.5. The molecular weight excluding hydrogens is 475 g/mol. The van der Waals surface area contributed by atoms with Crippen LogP contribution in [-0.4, -0.2) is 80.1 Å². The Morgan fingerprint density at radius 2 is 1.93 bits per heavy atom. The standard InChI is InChI=1S/C19H33ClN6.HI/c1-15(2)17(26-11-9-25(4)10-12-26)14-24-19(21-3)22-8-7-16-5-6-18(20)23-13-16;/h5-6,13,15,17H,7-12,14H2,1-4H3,(H2,21,22,24);1H. The van der Waals surface area contributed by atoms with Gasteiger partial charge >= 0.3 is 0 Å². The summed E-state index contributed by atoms with van der Waals surface area (Å²) in [7, 11) is 4.02. The number of nitrogens with zero attached hydrogens (tertiary/aromatic N) is 4. The summed E-state index contributed by atoms with van der Waals surface area (Å²) in [5, 5.41) is 7.42. The molecule has 0 aliphatic carbocycles. The van der Waals surface area contributed by atoms with E-state index in [-0.39, 0.29) is 24.0 Å². The Bertz CT molecular complexity index is 558. The average Bonchev–Trinajstić information content (AvgIpc) is 2.63. The first kappa shape index (κ1) is 24.4. The number of halogens is 2. The highest BCUT2D eigenvalue weighted by molar-refractivity contribution is 14.0. The van der Waals surface area contributed by atoms with E-state index in [1.54, 1.807) is 0 Å². The molecule has 2 heterocycles. The molecule has 1 aromatic rings. The van der Waals surface area contributed by atoms with E-state index in [0.717, 1.165) is 57.2 Å². The van der Waals surface area contributed by atoms with Crippen LogP contribution < -0.4 is 10.6 Å². The van der Waals surface area contributed by atoms with Gasteiger partial charge in [0.25, 0.3) is 0 Å². The number of guanidine groups is 1. The molecule has 1 aromatic heterocycles. The van der Waals surface area contributed by atoms with Crippen LogP contribution in [0.3, 0.4) is 0 Å². The predicted molar refractivity (Wildman–Crippen MR) is 125 cm³/mol. The fourth-order valence-corrected chi connectivity index (χ4v) is 3.35. The van der Waals surface area contributed by atoms with Crippen molar-refractivity contribution in [2.24, 2.45) is 10.9 Å². The lowest BCUT2D eigenvalue weighted by Crippen LogP contribution is -2.55. The molecular formula is C19H34ClIN6.